The van der Waals surface area contributed by atoms with Gasteiger partial charge in [0.25, 0.3) is 0 Å². The van der Waals surface area contributed by atoms with Gasteiger partial charge in [-0.3, -0.25) is 0 Å². The molecule has 1 heterocycles. The quantitative estimate of drug-likeness (QED) is 0.472. The van der Waals surface area contributed by atoms with Crippen LogP contribution in [0.5, 0.6) is 0 Å². The van der Waals surface area contributed by atoms with Crippen LogP contribution in [-0.4, -0.2) is 9.97 Å². The van der Waals surface area contributed by atoms with E-state index >= 15 is 0 Å². The first-order chi connectivity index (χ1) is 7.75. The predicted molar refractivity (Wildman–Crippen MR) is 67.8 cm³/mol. The third-order valence-corrected chi connectivity index (χ3v) is 3.46. The molecule has 0 aliphatic carbocycles. The van der Waals surface area contributed by atoms with Gasteiger partial charge in [-0.1, -0.05) is 30.3 Å². The average molecular weight is 251 g/mol. The second kappa shape index (κ2) is 5.32. The minimum atomic E-state index is 0.307. The minimum Gasteiger partial charge on any atom is -0.226 e. The summed E-state index contributed by atoms with van der Waals surface area (Å²) in [5.74, 6) is 0.898. The maximum atomic E-state index is 5.76. The number of rotatable bonds is 3. The standard InChI is InChI=1S/C12H11ClN2S/c1-9-7-14-12(13)15-11(9)16-8-10-5-3-2-4-6-10/h2-7H,8H2,1H3. The highest BCUT2D eigenvalue weighted by Crippen LogP contribution is 2.24. The van der Waals surface area contributed by atoms with E-state index in [9.17, 15) is 0 Å². The number of aryl methyl sites for hydroxylation is 1. The molecule has 82 valence electrons. The molecule has 0 N–H and O–H groups in total. The van der Waals surface area contributed by atoms with Crippen LogP contribution in [0.15, 0.2) is 41.6 Å². The summed E-state index contributed by atoms with van der Waals surface area (Å²) in [6, 6.07) is 10.3. The van der Waals surface area contributed by atoms with E-state index in [1.165, 1.54) is 5.56 Å². The summed E-state index contributed by atoms with van der Waals surface area (Å²) in [4.78, 5) is 8.14. The van der Waals surface area contributed by atoms with Crippen molar-refractivity contribution in [2.75, 3.05) is 0 Å². The lowest BCUT2D eigenvalue weighted by molar-refractivity contribution is 1.00. The van der Waals surface area contributed by atoms with Gasteiger partial charge in [0.1, 0.15) is 5.03 Å². The van der Waals surface area contributed by atoms with Crippen LogP contribution in [0, 0.1) is 6.92 Å². The van der Waals surface area contributed by atoms with E-state index in [1.54, 1.807) is 18.0 Å². The summed E-state index contributed by atoms with van der Waals surface area (Å²) in [5.41, 5.74) is 2.34. The Hall–Kier alpha value is -1.06. The van der Waals surface area contributed by atoms with Gasteiger partial charge >= 0.3 is 0 Å². The highest BCUT2D eigenvalue weighted by atomic mass is 35.5. The van der Waals surface area contributed by atoms with E-state index < -0.39 is 0 Å². The Morgan fingerprint density at radius 3 is 2.75 bits per heavy atom. The van der Waals surface area contributed by atoms with Crippen molar-refractivity contribution in [2.45, 2.75) is 17.7 Å². The molecule has 0 fully saturated rings. The second-order valence-electron chi connectivity index (χ2n) is 3.40. The molecule has 0 spiro atoms. The van der Waals surface area contributed by atoms with Gasteiger partial charge < -0.3 is 0 Å². The van der Waals surface area contributed by atoms with Crippen molar-refractivity contribution in [3.05, 3.63) is 52.9 Å². The van der Waals surface area contributed by atoms with E-state index in [4.69, 9.17) is 11.6 Å². The first-order valence-electron chi connectivity index (χ1n) is 4.91. The van der Waals surface area contributed by atoms with Crippen molar-refractivity contribution in [3.8, 4) is 0 Å². The third kappa shape index (κ3) is 2.97. The highest BCUT2D eigenvalue weighted by Gasteiger charge is 2.03. The molecule has 0 saturated heterocycles. The van der Waals surface area contributed by atoms with Crippen molar-refractivity contribution in [2.24, 2.45) is 0 Å². The van der Waals surface area contributed by atoms with Crippen LogP contribution in [0.3, 0.4) is 0 Å². The van der Waals surface area contributed by atoms with Crippen LogP contribution < -0.4 is 0 Å². The van der Waals surface area contributed by atoms with Crippen LogP contribution in [0.4, 0.5) is 0 Å². The first kappa shape index (κ1) is 11.4. The molecular weight excluding hydrogens is 240 g/mol. The summed E-state index contributed by atoms with van der Waals surface area (Å²) < 4.78 is 0. The third-order valence-electron chi connectivity index (χ3n) is 2.11. The van der Waals surface area contributed by atoms with Gasteiger partial charge in [0, 0.05) is 11.9 Å². The zero-order valence-electron chi connectivity index (χ0n) is 8.85. The van der Waals surface area contributed by atoms with Crippen molar-refractivity contribution < 1.29 is 0 Å². The molecule has 2 rings (SSSR count). The van der Waals surface area contributed by atoms with Gasteiger partial charge in [-0.05, 0) is 29.7 Å². The van der Waals surface area contributed by atoms with Crippen molar-refractivity contribution in [1.29, 1.82) is 0 Å². The smallest absolute Gasteiger partial charge is 0.223 e. The van der Waals surface area contributed by atoms with Crippen molar-refractivity contribution in [3.63, 3.8) is 0 Å². The Morgan fingerprint density at radius 2 is 2.00 bits per heavy atom. The molecule has 16 heavy (non-hydrogen) atoms. The summed E-state index contributed by atoms with van der Waals surface area (Å²) >= 11 is 7.44. The molecule has 2 aromatic rings. The van der Waals surface area contributed by atoms with Gasteiger partial charge in [-0.15, -0.1) is 11.8 Å². The Morgan fingerprint density at radius 1 is 1.25 bits per heavy atom. The van der Waals surface area contributed by atoms with Crippen LogP contribution in [0.25, 0.3) is 0 Å². The molecule has 0 atom stereocenters. The lowest BCUT2D eigenvalue weighted by atomic mass is 10.2. The van der Waals surface area contributed by atoms with Crippen LogP contribution in [-0.2, 0) is 5.75 Å². The lowest BCUT2D eigenvalue weighted by Gasteiger charge is -2.04. The molecule has 0 saturated carbocycles. The zero-order chi connectivity index (χ0) is 11.4. The minimum absolute atomic E-state index is 0.307. The van der Waals surface area contributed by atoms with Gasteiger partial charge in [-0.25, -0.2) is 9.97 Å². The number of halogens is 1. The van der Waals surface area contributed by atoms with E-state index in [0.717, 1.165) is 16.3 Å². The molecule has 0 bridgehead atoms. The van der Waals surface area contributed by atoms with E-state index in [2.05, 4.69) is 22.1 Å². The van der Waals surface area contributed by atoms with Crippen molar-refractivity contribution in [1.82, 2.24) is 9.97 Å². The van der Waals surface area contributed by atoms with Gasteiger partial charge in [-0.2, -0.15) is 0 Å². The fourth-order valence-corrected chi connectivity index (χ4v) is 2.39. The Balaban J connectivity index is 2.08. The van der Waals surface area contributed by atoms with Gasteiger partial charge in [0.2, 0.25) is 5.28 Å². The predicted octanol–water partition coefficient (Wildman–Crippen LogP) is 3.73. The zero-order valence-corrected chi connectivity index (χ0v) is 10.4. The first-order valence-corrected chi connectivity index (χ1v) is 6.28. The van der Waals surface area contributed by atoms with Gasteiger partial charge in [0.05, 0.1) is 0 Å². The number of hydrogen-bond donors (Lipinski definition) is 0. The summed E-state index contributed by atoms with van der Waals surface area (Å²) in [6.07, 6.45) is 1.75. The monoisotopic (exact) mass is 250 g/mol. The number of nitrogens with zero attached hydrogens (tertiary/aromatic N) is 2. The maximum absolute atomic E-state index is 5.76. The molecule has 0 unspecified atom stereocenters. The van der Waals surface area contributed by atoms with Crippen LogP contribution in [0.1, 0.15) is 11.1 Å². The summed E-state index contributed by atoms with van der Waals surface area (Å²) in [7, 11) is 0. The molecule has 0 aliphatic rings. The van der Waals surface area contributed by atoms with E-state index in [0.29, 0.717) is 5.28 Å². The van der Waals surface area contributed by atoms with Crippen LogP contribution >= 0.6 is 23.4 Å². The number of hydrogen-bond acceptors (Lipinski definition) is 3. The SMILES string of the molecule is Cc1cnc(Cl)nc1SCc1ccccc1. The normalized spacial score (nSPS) is 10.4. The topological polar surface area (TPSA) is 25.8 Å². The molecular formula is C12H11ClN2S. The summed E-state index contributed by atoms with van der Waals surface area (Å²) in [5, 5.41) is 1.25. The number of benzene rings is 1. The Labute approximate surface area is 104 Å². The fraction of sp³-hybridized carbons (Fsp3) is 0.167. The van der Waals surface area contributed by atoms with Crippen molar-refractivity contribution >= 4 is 23.4 Å². The molecule has 2 nitrogen and oxygen atoms in total. The van der Waals surface area contributed by atoms with Crippen LogP contribution in [0.2, 0.25) is 5.28 Å². The molecule has 4 heteroatoms. The Kier molecular flexibility index (Phi) is 3.80. The van der Waals surface area contributed by atoms with E-state index in [1.807, 2.05) is 25.1 Å². The second-order valence-corrected chi connectivity index (χ2v) is 4.70. The number of thioether (sulfide) groups is 1. The molecule has 1 aromatic carbocycles. The van der Waals surface area contributed by atoms with Gasteiger partial charge in [0.15, 0.2) is 0 Å². The fourth-order valence-electron chi connectivity index (χ4n) is 1.28. The molecule has 0 amide bonds. The largest absolute Gasteiger partial charge is 0.226 e. The highest BCUT2D eigenvalue weighted by molar-refractivity contribution is 7.98. The lowest BCUT2D eigenvalue weighted by Crippen LogP contribution is -1.90. The van der Waals surface area contributed by atoms with E-state index in [-0.39, 0.29) is 0 Å². The molecule has 0 radical (unpaired) electrons. The number of aromatic nitrogens is 2. The molecule has 1 aromatic heterocycles. The Bertz CT molecular complexity index is 474. The average Bonchev–Trinajstić information content (AvgIpc) is 2.32. The maximum Gasteiger partial charge on any atom is 0.223 e. The molecule has 0 aliphatic heterocycles. The summed E-state index contributed by atoms with van der Waals surface area (Å²) in [6.45, 7) is 1.99.